The van der Waals surface area contributed by atoms with Gasteiger partial charge in [-0.2, -0.15) is 13.2 Å². The minimum absolute atomic E-state index is 0.228. The van der Waals surface area contributed by atoms with E-state index in [-0.39, 0.29) is 6.42 Å². The zero-order chi connectivity index (χ0) is 13.3. The Morgan fingerprint density at radius 2 is 2.00 bits per heavy atom. The first-order chi connectivity index (χ1) is 8.41. The topological polar surface area (TPSA) is 26.0 Å². The number of thiophene rings is 1. The summed E-state index contributed by atoms with van der Waals surface area (Å²) < 4.78 is 39.1. The standard InChI is InChI=1S/C13H18F3NS/c1-8-6-7-18-12(8)11(17)9-4-2-3-5-10(9)13(14,15)16/h6-7,9-11H,2-5,17H2,1H3. The van der Waals surface area contributed by atoms with E-state index in [4.69, 9.17) is 5.73 Å². The van der Waals surface area contributed by atoms with Crippen molar-refractivity contribution in [1.29, 1.82) is 0 Å². The zero-order valence-electron chi connectivity index (χ0n) is 10.3. The van der Waals surface area contributed by atoms with Crippen molar-refractivity contribution in [3.63, 3.8) is 0 Å². The SMILES string of the molecule is Cc1ccsc1C(N)C1CCCCC1C(F)(F)F. The molecular formula is C13H18F3NS. The molecule has 1 aliphatic rings. The van der Waals surface area contributed by atoms with Gasteiger partial charge in [0.05, 0.1) is 5.92 Å². The van der Waals surface area contributed by atoms with Crippen molar-refractivity contribution in [2.75, 3.05) is 0 Å². The summed E-state index contributed by atoms with van der Waals surface area (Å²) in [6.45, 7) is 1.91. The van der Waals surface area contributed by atoms with Crippen LogP contribution in [0.3, 0.4) is 0 Å². The Morgan fingerprint density at radius 1 is 1.33 bits per heavy atom. The van der Waals surface area contributed by atoms with Crippen LogP contribution in [0.2, 0.25) is 0 Å². The summed E-state index contributed by atoms with van der Waals surface area (Å²) >= 11 is 1.47. The van der Waals surface area contributed by atoms with E-state index in [1.165, 1.54) is 11.3 Å². The van der Waals surface area contributed by atoms with Crippen LogP contribution in [-0.2, 0) is 0 Å². The fourth-order valence-corrected chi connectivity index (χ4v) is 3.92. The minimum atomic E-state index is -4.12. The number of nitrogens with two attached hydrogens (primary N) is 1. The molecule has 1 heterocycles. The second kappa shape index (κ2) is 5.21. The molecule has 3 atom stereocenters. The Labute approximate surface area is 109 Å². The summed E-state index contributed by atoms with van der Waals surface area (Å²) in [5.41, 5.74) is 7.13. The first-order valence-electron chi connectivity index (χ1n) is 6.27. The first kappa shape index (κ1) is 13.9. The lowest BCUT2D eigenvalue weighted by Crippen LogP contribution is -2.38. The lowest BCUT2D eigenvalue weighted by Gasteiger charge is -2.36. The van der Waals surface area contributed by atoms with Gasteiger partial charge in [0.25, 0.3) is 0 Å². The highest BCUT2D eigenvalue weighted by Crippen LogP contribution is 2.46. The highest BCUT2D eigenvalue weighted by molar-refractivity contribution is 7.10. The molecule has 1 saturated carbocycles. The van der Waals surface area contributed by atoms with Crippen molar-refractivity contribution in [3.8, 4) is 0 Å². The molecule has 3 unspecified atom stereocenters. The van der Waals surface area contributed by atoms with Gasteiger partial charge >= 0.3 is 6.18 Å². The maximum Gasteiger partial charge on any atom is 0.392 e. The molecular weight excluding hydrogens is 259 g/mol. The summed E-state index contributed by atoms with van der Waals surface area (Å²) in [5, 5.41) is 1.90. The Hall–Kier alpha value is -0.550. The number of alkyl halides is 3. The molecule has 102 valence electrons. The van der Waals surface area contributed by atoms with E-state index in [9.17, 15) is 13.2 Å². The Morgan fingerprint density at radius 3 is 2.56 bits per heavy atom. The van der Waals surface area contributed by atoms with Crippen molar-refractivity contribution in [2.45, 2.75) is 44.8 Å². The molecule has 1 fully saturated rings. The smallest absolute Gasteiger partial charge is 0.323 e. The van der Waals surface area contributed by atoms with Gasteiger partial charge in [-0.05, 0) is 42.7 Å². The van der Waals surface area contributed by atoms with Gasteiger partial charge in [0.1, 0.15) is 0 Å². The Balaban J connectivity index is 2.22. The van der Waals surface area contributed by atoms with E-state index in [0.717, 1.165) is 16.9 Å². The van der Waals surface area contributed by atoms with Gasteiger partial charge in [0.15, 0.2) is 0 Å². The van der Waals surface area contributed by atoms with E-state index in [2.05, 4.69) is 0 Å². The normalized spacial score (nSPS) is 27.2. The van der Waals surface area contributed by atoms with Crippen molar-refractivity contribution < 1.29 is 13.2 Å². The third kappa shape index (κ3) is 2.72. The van der Waals surface area contributed by atoms with Gasteiger partial charge in [0, 0.05) is 10.9 Å². The summed E-state index contributed by atoms with van der Waals surface area (Å²) in [4.78, 5) is 0.913. The van der Waals surface area contributed by atoms with Crippen molar-refractivity contribution in [2.24, 2.45) is 17.6 Å². The quantitative estimate of drug-likeness (QED) is 0.850. The maximum absolute atomic E-state index is 13.0. The van der Waals surface area contributed by atoms with Crippen molar-refractivity contribution in [3.05, 3.63) is 21.9 Å². The summed E-state index contributed by atoms with van der Waals surface area (Å²) in [7, 11) is 0. The molecule has 0 amide bonds. The van der Waals surface area contributed by atoms with Gasteiger partial charge in [-0.1, -0.05) is 12.8 Å². The molecule has 0 aliphatic heterocycles. The van der Waals surface area contributed by atoms with Crippen molar-refractivity contribution >= 4 is 11.3 Å². The van der Waals surface area contributed by atoms with E-state index in [0.29, 0.717) is 12.8 Å². The molecule has 0 saturated heterocycles. The van der Waals surface area contributed by atoms with Gasteiger partial charge < -0.3 is 5.73 Å². The average molecular weight is 277 g/mol. The highest BCUT2D eigenvalue weighted by Gasteiger charge is 2.47. The molecule has 0 bridgehead atoms. The lowest BCUT2D eigenvalue weighted by molar-refractivity contribution is -0.198. The Bertz CT molecular complexity index is 399. The van der Waals surface area contributed by atoms with Gasteiger partial charge in [0.2, 0.25) is 0 Å². The zero-order valence-corrected chi connectivity index (χ0v) is 11.2. The van der Waals surface area contributed by atoms with Crippen LogP contribution in [0.25, 0.3) is 0 Å². The van der Waals surface area contributed by atoms with Crippen LogP contribution in [-0.4, -0.2) is 6.18 Å². The fraction of sp³-hybridized carbons (Fsp3) is 0.692. The second-order valence-corrected chi connectivity index (χ2v) is 6.04. The average Bonchev–Trinajstić information content (AvgIpc) is 2.73. The van der Waals surface area contributed by atoms with Crippen LogP contribution in [0.1, 0.15) is 42.2 Å². The number of hydrogen-bond donors (Lipinski definition) is 1. The van der Waals surface area contributed by atoms with E-state index >= 15 is 0 Å². The molecule has 0 radical (unpaired) electrons. The summed E-state index contributed by atoms with van der Waals surface area (Å²) in [5.74, 6) is -1.70. The third-order valence-electron chi connectivity index (χ3n) is 3.91. The van der Waals surface area contributed by atoms with Crippen LogP contribution in [0.5, 0.6) is 0 Å². The van der Waals surface area contributed by atoms with Crippen LogP contribution >= 0.6 is 11.3 Å². The van der Waals surface area contributed by atoms with Crippen LogP contribution in [0.4, 0.5) is 13.2 Å². The molecule has 5 heteroatoms. The maximum atomic E-state index is 13.0. The Kier molecular flexibility index (Phi) is 4.02. The van der Waals surface area contributed by atoms with Crippen LogP contribution < -0.4 is 5.73 Å². The largest absolute Gasteiger partial charge is 0.392 e. The molecule has 1 aromatic heterocycles. The van der Waals surface area contributed by atoms with Crippen molar-refractivity contribution in [1.82, 2.24) is 0 Å². The van der Waals surface area contributed by atoms with E-state index in [1.807, 2.05) is 18.4 Å². The monoisotopic (exact) mass is 277 g/mol. The molecule has 1 aromatic rings. The lowest BCUT2D eigenvalue weighted by atomic mass is 9.74. The second-order valence-electron chi connectivity index (χ2n) is 5.09. The van der Waals surface area contributed by atoms with Gasteiger partial charge in [-0.25, -0.2) is 0 Å². The highest BCUT2D eigenvalue weighted by atomic mass is 32.1. The molecule has 18 heavy (non-hydrogen) atoms. The number of rotatable bonds is 2. The minimum Gasteiger partial charge on any atom is -0.323 e. The predicted octanol–water partition coefficient (Wildman–Crippen LogP) is 4.43. The molecule has 2 N–H and O–H groups in total. The van der Waals surface area contributed by atoms with Crippen LogP contribution in [0.15, 0.2) is 11.4 Å². The van der Waals surface area contributed by atoms with Gasteiger partial charge in [-0.15, -0.1) is 11.3 Å². The number of hydrogen-bond acceptors (Lipinski definition) is 2. The molecule has 1 nitrogen and oxygen atoms in total. The molecule has 0 aromatic carbocycles. The number of aryl methyl sites for hydroxylation is 1. The third-order valence-corrected chi connectivity index (χ3v) is 5.03. The molecule has 2 rings (SSSR count). The van der Waals surface area contributed by atoms with E-state index < -0.39 is 24.1 Å². The number of halogens is 3. The summed E-state index contributed by atoms with van der Waals surface area (Å²) in [6, 6.07) is 1.45. The summed E-state index contributed by atoms with van der Waals surface area (Å²) in [6.07, 6.45) is -1.78. The molecule has 0 spiro atoms. The fourth-order valence-electron chi connectivity index (χ4n) is 2.92. The molecule has 1 aliphatic carbocycles. The first-order valence-corrected chi connectivity index (χ1v) is 7.15. The van der Waals surface area contributed by atoms with Crippen LogP contribution in [0, 0.1) is 18.8 Å². The van der Waals surface area contributed by atoms with Gasteiger partial charge in [-0.3, -0.25) is 0 Å². The predicted molar refractivity (Wildman–Crippen MR) is 67.5 cm³/mol. The van der Waals surface area contributed by atoms with E-state index in [1.54, 1.807) is 0 Å².